The lowest BCUT2D eigenvalue weighted by atomic mass is 9.96. The van der Waals surface area contributed by atoms with Crippen molar-refractivity contribution in [3.05, 3.63) is 96.4 Å². The summed E-state index contributed by atoms with van der Waals surface area (Å²) < 4.78 is 3.68. The van der Waals surface area contributed by atoms with Crippen molar-refractivity contribution in [2.24, 2.45) is 5.92 Å². The van der Waals surface area contributed by atoms with E-state index in [4.69, 9.17) is 0 Å². The van der Waals surface area contributed by atoms with Gasteiger partial charge in [-0.05, 0) is 60.7 Å². The third-order valence-electron chi connectivity index (χ3n) is 6.75. The van der Waals surface area contributed by atoms with Crippen molar-refractivity contribution < 1.29 is 9.59 Å². The molecular formula is C29H31N5O2. The Labute approximate surface area is 211 Å². The molecule has 3 heterocycles. The van der Waals surface area contributed by atoms with Gasteiger partial charge in [-0.25, -0.2) is 4.68 Å². The molecule has 2 amide bonds. The van der Waals surface area contributed by atoms with Crippen LogP contribution in [-0.2, 0) is 4.79 Å². The monoisotopic (exact) mass is 481 g/mol. The van der Waals surface area contributed by atoms with Gasteiger partial charge < -0.3 is 14.8 Å². The molecule has 0 saturated carbocycles. The summed E-state index contributed by atoms with van der Waals surface area (Å²) in [6, 6.07) is 21.6. The summed E-state index contributed by atoms with van der Waals surface area (Å²) in [5.41, 5.74) is 3.41. The van der Waals surface area contributed by atoms with E-state index in [2.05, 4.69) is 24.3 Å². The molecule has 0 spiro atoms. The van der Waals surface area contributed by atoms with Gasteiger partial charge in [0.2, 0.25) is 5.91 Å². The molecule has 0 bridgehead atoms. The van der Waals surface area contributed by atoms with Gasteiger partial charge in [-0.2, -0.15) is 5.10 Å². The number of hydrogen-bond acceptors (Lipinski definition) is 3. The van der Waals surface area contributed by atoms with Crippen LogP contribution in [-0.4, -0.2) is 44.2 Å². The number of nitrogens with zero attached hydrogens (tertiary/aromatic N) is 4. The molecule has 1 saturated heterocycles. The Bertz CT molecular complexity index is 1320. The summed E-state index contributed by atoms with van der Waals surface area (Å²) in [5, 5.41) is 7.60. The molecular weight excluding hydrogens is 450 g/mol. The number of nitrogens with one attached hydrogen (secondary N) is 1. The Kier molecular flexibility index (Phi) is 6.71. The second kappa shape index (κ2) is 10.2. The predicted molar refractivity (Wildman–Crippen MR) is 141 cm³/mol. The molecule has 184 valence electrons. The molecule has 36 heavy (non-hydrogen) atoms. The zero-order chi connectivity index (χ0) is 25.1. The standard InChI is InChI=1S/C29H31N5O2/c1-21(2)22-12-14-24(15-13-22)31-27(35)23-9-8-18-33(20-23)29(36)26-19-30-34(25-10-4-3-5-11-25)28(26)32-16-6-7-17-32/h3-7,10-17,19,21,23H,8-9,18,20H2,1-2H3,(H,31,35)/t23-/m0/s1. The minimum atomic E-state index is -0.258. The molecule has 4 aromatic rings. The molecule has 7 nitrogen and oxygen atoms in total. The van der Waals surface area contributed by atoms with E-state index in [1.54, 1.807) is 15.8 Å². The summed E-state index contributed by atoms with van der Waals surface area (Å²) in [5.74, 6) is 0.713. The van der Waals surface area contributed by atoms with E-state index in [1.165, 1.54) is 5.56 Å². The lowest BCUT2D eigenvalue weighted by Crippen LogP contribution is -2.44. The normalized spacial score (nSPS) is 15.8. The number of anilines is 1. The molecule has 0 unspecified atom stereocenters. The quantitative estimate of drug-likeness (QED) is 0.407. The maximum atomic E-state index is 13.7. The fourth-order valence-corrected chi connectivity index (χ4v) is 4.72. The van der Waals surface area contributed by atoms with E-state index in [-0.39, 0.29) is 17.7 Å². The smallest absolute Gasteiger partial charge is 0.259 e. The molecule has 5 rings (SSSR count). The van der Waals surface area contributed by atoms with Crippen molar-refractivity contribution in [2.75, 3.05) is 18.4 Å². The Morgan fingerprint density at radius 2 is 1.69 bits per heavy atom. The Morgan fingerprint density at radius 1 is 0.972 bits per heavy atom. The zero-order valence-electron chi connectivity index (χ0n) is 20.7. The number of aromatic nitrogens is 3. The second-order valence-corrected chi connectivity index (χ2v) is 9.58. The molecule has 1 aliphatic heterocycles. The topological polar surface area (TPSA) is 72.2 Å². The molecule has 2 aromatic carbocycles. The van der Waals surface area contributed by atoms with E-state index in [9.17, 15) is 9.59 Å². The fourth-order valence-electron chi connectivity index (χ4n) is 4.72. The summed E-state index contributed by atoms with van der Waals surface area (Å²) in [7, 11) is 0. The van der Waals surface area contributed by atoms with Crippen molar-refractivity contribution >= 4 is 17.5 Å². The highest BCUT2D eigenvalue weighted by molar-refractivity contribution is 5.98. The van der Waals surface area contributed by atoms with Gasteiger partial charge in [0.05, 0.1) is 17.8 Å². The lowest BCUT2D eigenvalue weighted by molar-refractivity contribution is -0.121. The van der Waals surface area contributed by atoms with Crippen molar-refractivity contribution in [1.29, 1.82) is 0 Å². The van der Waals surface area contributed by atoms with E-state index in [1.807, 2.05) is 83.7 Å². The first-order chi connectivity index (χ1) is 17.5. The second-order valence-electron chi connectivity index (χ2n) is 9.58. The minimum Gasteiger partial charge on any atom is -0.338 e. The maximum absolute atomic E-state index is 13.7. The van der Waals surface area contributed by atoms with Crippen molar-refractivity contribution in [3.63, 3.8) is 0 Å². The number of amides is 2. The molecule has 1 N–H and O–H groups in total. The Morgan fingerprint density at radius 3 is 2.39 bits per heavy atom. The van der Waals surface area contributed by atoms with Crippen LogP contribution in [0.5, 0.6) is 0 Å². The molecule has 7 heteroatoms. The highest BCUT2D eigenvalue weighted by Crippen LogP contribution is 2.25. The molecule has 1 fully saturated rings. The van der Waals surface area contributed by atoms with Gasteiger partial charge in [0.15, 0.2) is 5.82 Å². The maximum Gasteiger partial charge on any atom is 0.259 e. The third-order valence-corrected chi connectivity index (χ3v) is 6.75. The number of likely N-dealkylation sites (tertiary alicyclic amines) is 1. The number of piperidine rings is 1. The summed E-state index contributed by atoms with van der Waals surface area (Å²) >= 11 is 0. The number of benzene rings is 2. The van der Waals surface area contributed by atoms with Gasteiger partial charge in [-0.3, -0.25) is 9.59 Å². The van der Waals surface area contributed by atoms with Crippen LogP contribution in [0.2, 0.25) is 0 Å². The Balaban J connectivity index is 1.35. The molecule has 0 aliphatic carbocycles. The van der Waals surface area contributed by atoms with Gasteiger partial charge >= 0.3 is 0 Å². The van der Waals surface area contributed by atoms with Crippen LogP contribution in [0, 0.1) is 5.92 Å². The number of hydrogen-bond donors (Lipinski definition) is 1. The van der Waals surface area contributed by atoms with E-state index in [0.717, 1.165) is 24.2 Å². The van der Waals surface area contributed by atoms with Crippen LogP contribution < -0.4 is 5.32 Å². The number of para-hydroxylation sites is 1. The van der Waals surface area contributed by atoms with Crippen LogP contribution in [0.3, 0.4) is 0 Å². The van der Waals surface area contributed by atoms with Gasteiger partial charge in [-0.1, -0.05) is 44.2 Å². The number of carbonyl (C=O) groups is 2. The lowest BCUT2D eigenvalue weighted by Gasteiger charge is -2.32. The van der Waals surface area contributed by atoms with Crippen LogP contribution in [0.4, 0.5) is 5.69 Å². The largest absolute Gasteiger partial charge is 0.338 e. The predicted octanol–water partition coefficient (Wildman–Crippen LogP) is 5.28. The SMILES string of the molecule is CC(C)c1ccc(NC(=O)[C@H]2CCCN(C(=O)c3cnn(-c4ccccc4)c3-n3cccc3)C2)cc1. The molecule has 2 aromatic heterocycles. The third kappa shape index (κ3) is 4.82. The highest BCUT2D eigenvalue weighted by Gasteiger charge is 2.31. The summed E-state index contributed by atoms with van der Waals surface area (Å²) in [6.45, 7) is 5.29. The number of rotatable bonds is 6. The minimum absolute atomic E-state index is 0.0459. The van der Waals surface area contributed by atoms with Gasteiger partial charge in [0.25, 0.3) is 5.91 Å². The van der Waals surface area contributed by atoms with Crippen LogP contribution in [0.15, 0.2) is 85.3 Å². The zero-order valence-corrected chi connectivity index (χ0v) is 20.7. The van der Waals surface area contributed by atoms with Crippen LogP contribution >= 0.6 is 0 Å². The van der Waals surface area contributed by atoms with Gasteiger partial charge in [0.1, 0.15) is 5.56 Å². The fraction of sp³-hybridized carbons (Fsp3) is 0.276. The van der Waals surface area contributed by atoms with Crippen LogP contribution in [0.25, 0.3) is 11.5 Å². The average molecular weight is 482 g/mol. The highest BCUT2D eigenvalue weighted by atomic mass is 16.2. The van der Waals surface area contributed by atoms with Crippen molar-refractivity contribution in [1.82, 2.24) is 19.2 Å². The number of carbonyl (C=O) groups excluding carboxylic acids is 2. The molecule has 0 radical (unpaired) electrons. The van der Waals surface area contributed by atoms with Gasteiger partial charge in [0, 0.05) is 31.2 Å². The van der Waals surface area contributed by atoms with E-state index >= 15 is 0 Å². The summed E-state index contributed by atoms with van der Waals surface area (Å²) in [4.78, 5) is 28.6. The molecule has 1 atom stereocenters. The molecule has 1 aliphatic rings. The summed E-state index contributed by atoms with van der Waals surface area (Å²) in [6.07, 6.45) is 6.98. The van der Waals surface area contributed by atoms with Gasteiger partial charge in [-0.15, -0.1) is 0 Å². The van der Waals surface area contributed by atoms with E-state index < -0.39 is 0 Å². The first kappa shape index (κ1) is 23.6. The van der Waals surface area contributed by atoms with E-state index in [0.29, 0.717) is 30.4 Å². The first-order valence-electron chi connectivity index (χ1n) is 12.5. The van der Waals surface area contributed by atoms with Crippen molar-refractivity contribution in [2.45, 2.75) is 32.6 Å². The Hall–Kier alpha value is -4.13. The van der Waals surface area contributed by atoms with Crippen LogP contribution in [0.1, 0.15) is 48.5 Å². The average Bonchev–Trinajstić information content (AvgIpc) is 3.59. The van der Waals surface area contributed by atoms with Crippen molar-refractivity contribution in [3.8, 4) is 11.5 Å². The first-order valence-corrected chi connectivity index (χ1v) is 12.5.